The van der Waals surface area contributed by atoms with Crippen LogP contribution < -0.4 is 9.91 Å². The molecule has 0 bridgehead atoms. The smallest absolute Gasteiger partial charge is 0.212 e. The van der Waals surface area contributed by atoms with E-state index in [9.17, 15) is 8.42 Å². The first kappa shape index (κ1) is 19.9. The zero-order valence-electron chi connectivity index (χ0n) is 16.0. The van der Waals surface area contributed by atoms with Gasteiger partial charge in [0.1, 0.15) is 8.07 Å². The molecule has 0 aliphatic rings. The summed E-state index contributed by atoms with van der Waals surface area (Å²) >= 11 is 0. The standard InChI is InChI=1S/C20H29NO2SSi/c1-16-12-10-11-15-18(16)19(21-24(22,23)20(2,3)4)25(5,6)17-13-8-7-9-14-17/h7-15,19,21H,1-6H3/t19-/m1/s1. The van der Waals surface area contributed by atoms with Crippen LogP contribution in [0.2, 0.25) is 13.1 Å². The van der Waals surface area contributed by atoms with Gasteiger partial charge in [-0.05, 0) is 38.8 Å². The van der Waals surface area contributed by atoms with Crippen molar-refractivity contribution in [3.63, 3.8) is 0 Å². The van der Waals surface area contributed by atoms with Crippen LogP contribution in [0.5, 0.6) is 0 Å². The van der Waals surface area contributed by atoms with E-state index in [0.717, 1.165) is 11.1 Å². The van der Waals surface area contributed by atoms with Gasteiger partial charge < -0.3 is 0 Å². The Morgan fingerprint density at radius 2 is 1.44 bits per heavy atom. The van der Waals surface area contributed by atoms with Crippen LogP contribution in [0, 0.1) is 6.92 Å². The van der Waals surface area contributed by atoms with E-state index in [1.807, 2.05) is 49.4 Å². The first-order valence-corrected chi connectivity index (χ1v) is 13.2. The largest absolute Gasteiger partial charge is 0.216 e. The molecule has 0 aromatic heterocycles. The zero-order valence-corrected chi connectivity index (χ0v) is 17.8. The maximum absolute atomic E-state index is 12.9. The van der Waals surface area contributed by atoms with E-state index in [1.54, 1.807) is 20.8 Å². The first-order valence-electron chi connectivity index (χ1n) is 8.60. The second-order valence-corrected chi connectivity index (χ2v) is 15.2. The summed E-state index contributed by atoms with van der Waals surface area (Å²) in [6.07, 6.45) is 0. The fourth-order valence-electron chi connectivity index (χ4n) is 2.88. The third kappa shape index (κ3) is 4.22. The van der Waals surface area contributed by atoms with Crippen LogP contribution in [0.3, 0.4) is 0 Å². The van der Waals surface area contributed by atoms with Crippen molar-refractivity contribution < 1.29 is 8.42 Å². The monoisotopic (exact) mass is 375 g/mol. The zero-order chi connectivity index (χ0) is 18.9. The van der Waals surface area contributed by atoms with Crippen LogP contribution in [0.1, 0.15) is 37.6 Å². The molecule has 2 rings (SSSR count). The van der Waals surface area contributed by atoms with Crippen LogP contribution in [-0.4, -0.2) is 21.2 Å². The Morgan fingerprint density at radius 3 is 1.96 bits per heavy atom. The normalized spacial score (nSPS) is 14.3. The fourth-order valence-corrected chi connectivity index (χ4v) is 7.80. The van der Waals surface area contributed by atoms with E-state index >= 15 is 0 Å². The molecule has 0 heterocycles. The number of aryl methyl sites for hydroxylation is 1. The lowest BCUT2D eigenvalue weighted by atomic mass is 10.1. The third-order valence-electron chi connectivity index (χ3n) is 4.82. The summed E-state index contributed by atoms with van der Waals surface area (Å²) in [7, 11) is -5.63. The highest BCUT2D eigenvalue weighted by atomic mass is 32.2. The van der Waals surface area contributed by atoms with Crippen molar-refractivity contribution in [3.8, 4) is 0 Å². The number of hydrogen-bond acceptors (Lipinski definition) is 2. The number of rotatable bonds is 5. The van der Waals surface area contributed by atoms with Crippen LogP contribution in [0.25, 0.3) is 0 Å². The predicted octanol–water partition coefficient (Wildman–Crippen LogP) is 3.91. The molecule has 0 saturated carbocycles. The predicted molar refractivity (Wildman–Crippen MR) is 109 cm³/mol. The second kappa shape index (κ2) is 7.06. The van der Waals surface area contributed by atoms with E-state index in [0.29, 0.717) is 0 Å². The van der Waals surface area contributed by atoms with E-state index < -0.39 is 22.8 Å². The molecule has 25 heavy (non-hydrogen) atoms. The highest BCUT2D eigenvalue weighted by Gasteiger charge is 2.41. The molecule has 0 unspecified atom stereocenters. The molecule has 136 valence electrons. The molecule has 0 aliphatic carbocycles. The van der Waals surface area contributed by atoms with Crippen LogP contribution in [0.4, 0.5) is 0 Å². The Labute approximate surface area is 153 Å². The first-order chi connectivity index (χ1) is 11.5. The number of benzene rings is 2. The molecule has 5 heteroatoms. The van der Waals surface area contributed by atoms with Gasteiger partial charge in [-0.25, -0.2) is 13.1 Å². The van der Waals surface area contributed by atoms with Gasteiger partial charge in [0.15, 0.2) is 0 Å². The van der Waals surface area contributed by atoms with Gasteiger partial charge in [-0.3, -0.25) is 0 Å². The summed E-state index contributed by atoms with van der Waals surface area (Å²) in [4.78, 5) is 0. The summed E-state index contributed by atoms with van der Waals surface area (Å²) in [6.45, 7) is 11.7. The average molecular weight is 376 g/mol. The SMILES string of the molecule is Cc1ccccc1[C@H](NS(=O)(=O)C(C)(C)C)[Si](C)(C)c1ccccc1. The topological polar surface area (TPSA) is 46.2 Å². The minimum absolute atomic E-state index is 0.222. The van der Waals surface area contributed by atoms with Gasteiger partial charge in [0.05, 0.1) is 4.75 Å². The third-order valence-corrected chi connectivity index (χ3v) is 10.9. The van der Waals surface area contributed by atoms with Gasteiger partial charge >= 0.3 is 0 Å². The summed E-state index contributed by atoms with van der Waals surface area (Å²) in [6, 6.07) is 18.3. The van der Waals surface area contributed by atoms with E-state index in [4.69, 9.17) is 0 Å². The Balaban J connectivity index is 2.60. The molecule has 0 aliphatic heterocycles. The molecule has 0 radical (unpaired) electrons. The van der Waals surface area contributed by atoms with Gasteiger partial charge in [-0.1, -0.05) is 72.9 Å². The van der Waals surface area contributed by atoms with Crippen LogP contribution >= 0.6 is 0 Å². The average Bonchev–Trinajstić information content (AvgIpc) is 2.53. The Hall–Kier alpha value is -1.43. The van der Waals surface area contributed by atoms with Gasteiger partial charge in [0.25, 0.3) is 0 Å². The van der Waals surface area contributed by atoms with Crippen LogP contribution in [-0.2, 0) is 10.0 Å². The molecular formula is C20H29NO2SSi. The summed E-state index contributed by atoms with van der Waals surface area (Å²) in [5, 5.41) is 1.24. The van der Waals surface area contributed by atoms with Gasteiger partial charge in [-0.2, -0.15) is 0 Å². The number of nitrogens with one attached hydrogen (secondary N) is 1. The van der Waals surface area contributed by atoms with Crippen molar-refractivity contribution in [2.75, 3.05) is 0 Å². The molecule has 2 aromatic rings. The molecule has 1 atom stereocenters. The minimum atomic E-state index is -3.47. The van der Waals surface area contributed by atoms with E-state index in [-0.39, 0.29) is 5.67 Å². The fraction of sp³-hybridized carbons (Fsp3) is 0.400. The lowest BCUT2D eigenvalue weighted by Gasteiger charge is -2.36. The van der Waals surface area contributed by atoms with Crippen molar-refractivity contribution in [2.24, 2.45) is 0 Å². The number of sulfonamides is 1. The summed E-state index contributed by atoms with van der Waals surface area (Å²) < 4.78 is 28.1. The molecule has 0 saturated heterocycles. The molecule has 0 spiro atoms. The molecule has 1 N–H and O–H groups in total. The van der Waals surface area contributed by atoms with Gasteiger partial charge in [0.2, 0.25) is 10.0 Å². The molecule has 0 amide bonds. The molecule has 0 fully saturated rings. The number of hydrogen-bond donors (Lipinski definition) is 1. The van der Waals surface area contributed by atoms with Gasteiger partial charge in [0, 0.05) is 5.67 Å². The quantitative estimate of drug-likeness (QED) is 0.806. The summed E-state index contributed by atoms with van der Waals surface area (Å²) in [5.41, 5.74) is 1.96. The highest BCUT2D eigenvalue weighted by molar-refractivity contribution is 7.90. The highest BCUT2D eigenvalue weighted by Crippen LogP contribution is 2.30. The Kier molecular flexibility index (Phi) is 5.61. The van der Waals surface area contributed by atoms with Crippen molar-refractivity contribution in [1.82, 2.24) is 4.72 Å². The maximum Gasteiger partial charge on any atom is 0.216 e. The van der Waals surface area contributed by atoms with E-state index in [2.05, 4.69) is 29.9 Å². The maximum atomic E-state index is 12.9. The van der Waals surface area contributed by atoms with Crippen molar-refractivity contribution in [2.45, 2.75) is 51.2 Å². The van der Waals surface area contributed by atoms with Crippen molar-refractivity contribution in [3.05, 3.63) is 65.7 Å². The Morgan fingerprint density at radius 1 is 0.920 bits per heavy atom. The summed E-state index contributed by atoms with van der Waals surface area (Å²) in [5.74, 6) is 0. The molecule has 2 aromatic carbocycles. The van der Waals surface area contributed by atoms with Gasteiger partial charge in [-0.15, -0.1) is 0 Å². The van der Waals surface area contributed by atoms with E-state index in [1.165, 1.54) is 5.19 Å². The lowest BCUT2D eigenvalue weighted by molar-refractivity contribution is 0.541. The lowest BCUT2D eigenvalue weighted by Crippen LogP contribution is -2.56. The second-order valence-electron chi connectivity index (χ2n) is 8.11. The molecular weight excluding hydrogens is 346 g/mol. The van der Waals surface area contributed by atoms with Crippen molar-refractivity contribution >= 4 is 23.3 Å². The van der Waals surface area contributed by atoms with Crippen LogP contribution in [0.15, 0.2) is 54.6 Å². The minimum Gasteiger partial charge on any atom is -0.212 e. The van der Waals surface area contributed by atoms with Crippen molar-refractivity contribution in [1.29, 1.82) is 0 Å². The Bertz CT molecular complexity index is 824. The molecule has 3 nitrogen and oxygen atoms in total.